The van der Waals surface area contributed by atoms with Gasteiger partial charge in [0.25, 0.3) is 0 Å². The van der Waals surface area contributed by atoms with Crippen LogP contribution < -0.4 is 10.1 Å². The lowest BCUT2D eigenvalue weighted by Gasteiger charge is -2.10. The Labute approximate surface area is 158 Å². The molecule has 142 valence electrons. The van der Waals surface area contributed by atoms with Crippen molar-refractivity contribution in [2.24, 2.45) is 7.05 Å². The molecule has 0 atom stereocenters. The van der Waals surface area contributed by atoms with Gasteiger partial charge in [0.15, 0.2) is 0 Å². The van der Waals surface area contributed by atoms with Crippen LogP contribution in [0.1, 0.15) is 0 Å². The minimum absolute atomic E-state index is 0.273. The predicted octanol–water partition coefficient (Wildman–Crippen LogP) is 5.28. The number of aromatic nitrogens is 3. The largest absolute Gasteiger partial charge is 0.573 e. The molecule has 1 aromatic carbocycles. The smallest absolute Gasteiger partial charge is 0.406 e. The van der Waals surface area contributed by atoms with Crippen LogP contribution in [0.4, 0.5) is 24.7 Å². The first-order valence-electron chi connectivity index (χ1n) is 8.38. The van der Waals surface area contributed by atoms with Gasteiger partial charge in [0, 0.05) is 48.3 Å². The molecule has 5 nitrogen and oxygen atoms in total. The van der Waals surface area contributed by atoms with Crippen LogP contribution >= 0.6 is 0 Å². The SMILES string of the molecule is Cn1c(-c2cccnc2)cc2cnc(Nc3ccc(OC(F)(F)F)cc3)cc21. The van der Waals surface area contributed by atoms with E-state index in [-0.39, 0.29) is 5.75 Å². The van der Waals surface area contributed by atoms with Gasteiger partial charge in [-0.25, -0.2) is 4.98 Å². The summed E-state index contributed by atoms with van der Waals surface area (Å²) >= 11 is 0. The van der Waals surface area contributed by atoms with E-state index in [1.165, 1.54) is 24.3 Å². The van der Waals surface area contributed by atoms with Crippen molar-refractivity contribution < 1.29 is 17.9 Å². The Bertz CT molecular complexity index is 1110. The third-order valence-corrected chi connectivity index (χ3v) is 4.24. The summed E-state index contributed by atoms with van der Waals surface area (Å²) in [4.78, 5) is 8.53. The first-order chi connectivity index (χ1) is 13.4. The second-order valence-corrected chi connectivity index (χ2v) is 6.16. The molecule has 0 aliphatic rings. The highest BCUT2D eigenvalue weighted by atomic mass is 19.4. The van der Waals surface area contributed by atoms with Gasteiger partial charge in [-0.2, -0.15) is 0 Å². The van der Waals surface area contributed by atoms with Crippen LogP contribution in [0.25, 0.3) is 22.2 Å². The molecule has 3 aromatic heterocycles. The van der Waals surface area contributed by atoms with E-state index in [4.69, 9.17) is 0 Å². The number of nitrogens with one attached hydrogen (secondary N) is 1. The third kappa shape index (κ3) is 3.75. The van der Waals surface area contributed by atoms with E-state index in [1.54, 1.807) is 18.6 Å². The molecule has 0 bridgehead atoms. The molecule has 4 rings (SSSR count). The van der Waals surface area contributed by atoms with Crippen LogP contribution in [0, 0.1) is 0 Å². The van der Waals surface area contributed by atoms with E-state index in [1.807, 2.05) is 35.9 Å². The topological polar surface area (TPSA) is 52.0 Å². The maximum atomic E-state index is 12.2. The second-order valence-electron chi connectivity index (χ2n) is 6.16. The van der Waals surface area contributed by atoms with Crippen LogP contribution in [-0.4, -0.2) is 20.9 Å². The van der Waals surface area contributed by atoms with Gasteiger partial charge in [0.1, 0.15) is 11.6 Å². The Morgan fingerprint density at radius 3 is 2.50 bits per heavy atom. The first-order valence-corrected chi connectivity index (χ1v) is 8.38. The molecule has 3 heterocycles. The highest BCUT2D eigenvalue weighted by molar-refractivity contribution is 5.88. The van der Waals surface area contributed by atoms with Crippen molar-refractivity contribution in [3.63, 3.8) is 0 Å². The number of pyridine rings is 2. The zero-order chi connectivity index (χ0) is 19.7. The number of rotatable bonds is 4. The predicted molar refractivity (Wildman–Crippen MR) is 100 cm³/mol. The summed E-state index contributed by atoms with van der Waals surface area (Å²) in [6, 6.07) is 13.3. The van der Waals surface area contributed by atoms with Gasteiger partial charge in [-0.15, -0.1) is 13.2 Å². The average molecular weight is 384 g/mol. The van der Waals surface area contributed by atoms with Crippen molar-refractivity contribution >= 4 is 22.4 Å². The minimum Gasteiger partial charge on any atom is -0.406 e. The van der Waals surface area contributed by atoms with Crippen molar-refractivity contribution in [1.82, 2.24) is 14.5 Å². The fraction of sp³-hybridized carbons (Fsp3) is 0.100. The van der Waals surface area contributed by atoms with Crippen LogP contribution in [-0.2, 0) is 7.05 Å². The number of alkyl halides is 3. The van der Waals surface area contributed by atoms with Crippen molar-refractivity contribution in [3.8, 4) is 17.0 Å². The number of hydrogen-bond donors (Lipinski definition) is 1. The lowest BCUT2D eigenvalue weighted by molar-refractivity contribution is -0.274. The summed E-state index contributed by atoms with van der Waals surface area (Å²) in [6.45, 7) is 0. The van der Waals surface area contributed by atoms with Crippen molar-refractivity contribution in [3.05, 3.63) is 67.1 Å². The molecule has 0 fully saturated rings. The van der Waals surface area contributed by atoms with E-state index < -0.39 is 6.36 Å². The fourth-order valence-electron chi connectivity index (χ4n) is 2.98. The second kappa shape index (κ2) is 6.88. The number of ether oxygens (including phenoxy) is 1. The Hall–Kier alpha value is -3.55. The molecule has 0 spiro atoms. The van der Waals surface area contributed by atoms with Crippen LogP contribution in [0.5, 0.6) is 5.75 Å². The van der Waals surface area contributed by atoms with E-state index in [2.05, 4.69) is 20.0 Å². The standard InChI is InChI=1S/C20H15F3N4O/c1-27-17(13-3-2-8-24-11-13)9-14-12-25-19(10-18(14)27)26-15-4-6-16(7-5-15)28-20(21,22)23/h2-12H,1H3,(H,25,26). The van der Waals surface area contributed by atoms with Gasteiger partial charge in [-0.1, -0.05) is 0 Å². The summed E-state index contributed by atoms with van der Waals surface area (Å²) in [6.07, 6.45) is 0.560. The molecule has 0 aliphatic carbocycles. The van der Waals surface area contributed by atoms with E-state index in [9.17, 15) is 13.2 Å². The number of hydrogen-bond acceptors (Lipinski definition) is 4. The maximum Gasteiger partial charge on any atom is 0.573 e. The normalized spacial score (nSPS) is 11.6. The van der Waals surface area contributed by atoms with Gasteiger partial charge in [-0.3, -0.25) is 4.98 Å². The molecule has 0 radical (unpaired) electrons. The number of fused-ring (bicyclic) bond motifs is 1. The Morgan fingerprint density at radius 1 is 1.04 bits per heavy atom. The number of halogens is 3. The summed E-state index contributed by atoms with van der Waals surface area (Å²) in [7, 11) is 1.96. The molecule has 28 heavy (non-hydrogen) atoms. The minimum atomic E-state index is -4.71. The van der Waals surface area contributed by atoms with Gasteiger partial charge in [0.2, 0.25) is 0 Å². The number of nitrogens with zero attached hydrogens (tertiary/aromatic N) is 3. The lowest BCUT2D eigenvalue weighted by atomic mass is 10.2. The molecular formula is C20H15F3N4O. The summed E-state index contributed by atoms with van der Waals surface area (Å²) in [5.74, 6) is 0.306. The van der Waals surface area contributed by atoms with E-state index >= 15 is 0 Å². The van der Waals surface area contributed by atoms with Crippen molar-refractivity contribution in [1.29, 1.82) is 0 Å². The number of benzene rings is 1. The van der Waals surface area contributed by atoms with Gasteiger partial charge in [0.05, 0.1) is 11.2 Å². The summed E-state index contributed by atoms with van der Waals surface area (Å²) in [5.41, 5.74) is 3.57. The van der Waals surface area contributed by atoms with Gasteiger partial charge in [-0.05, 0) is 42.5 Å². The van der Waals surface area contributed by atoms with E-state index in [0.717, 1.165) is 22.2 Å². The highest BCUT2D eigenvalue weighted by Crippen LogP contribution is 2.29. The summed E-state index contributed by atoms with van der Waals surface area (Å²) in [5, 5.41) is 4.06. The molecular weight excluding hydrogens is 369 g/mol. The Kier molecular flexibility index (Phi) is 4.38. The highest BCUT2D eigenvalue weighted by Gasteiger charge is 2.30. The molecule has 4 aromatic rings. The van der Waals surface area contributed by atoms with Gasteiger partial charge < -0.3 is 14.6 Å². The molecule has 0 unspecified atom stereocenters. The lowest BCUT2D eigenvalue weighted by Crippen LogP contribution is -2.16. The maximum absolute atomic E-state index is 12.2. The first kappa shape index (κ1) is 17.8. The Morgan fingerprint density at radius 2 is 1.82 bits per heavy atom. The molecule has 8 heteroatoms. The zero-order valence-corrected chi connectivity index (χ0v) is 14.7. The van der Waals surface area contributed by atoms with E-state index in [0.29, 0.717) is 11.5 Å². The monoisotopic (exact) mass is 384 g/mol. The van der Waals surface area contributed by atoms with Crippen LogP contribution in [0.2, 0.25) is 0 Å². The average Bonchev–Trinajstić information content (AvgIpc) is 2.99. The van der Waals surface area contributed by atoms with Crippen LogP contribution in [0.15, 0.2) is 67.1 Å². The zero-order valence-electron chi connectivity index (χ0n) is 14.7. The van der Waals surface area contributed by atoms with Crippen molar-refractivity contribution in [2.45, 2.75) is 6.36 Å². The molecule has 0 saturated carbocycles. The molecule has 0 aliphatic heterocycles. The summed E-state index contributed by atoms with van der Waals surface area (Å²) < 4.78 is 42.7. The fourth-order valence-corrected chi connectivity index (χ4v) is 2.98. The third-order valence-electron chi connectivity index (χ3n) is 4.24. The number of anilines is 2. The van der Waals surface area contributed by atoms with Crippen LogP contribution in [0.3, 0.4) is 0 Å². The Balaban J connectivity index is 1.59. The van der Waals surface area contributed by atoms with Gasteiger partial charge >= 0.3 is 6.36 Å². The molecule has 0 amide bonds. The molecule has 0 saturated heterocycles. The van der Waals surface area contributed by atoms with Crippen molar-refractivity contribution in [2.75, 3.05) is 5.32 Å². The molecule has 1 N–H and O–H groups in total. The quantitative estimate of drug-likeness (QED) is 0.520. The number of aryl methyl sites for hydroxylation is 1.